The summed E-state index contributed by atoms with van der Waals surface area (Å²) in [5.41, 5.74) is 1.68. The average molecular weight is 394 g/mol. The topological polar surface area (TPSA) is 53.8 Å². The highest BCUT2D eigenvalue weighted by molar-refractivity contribution is 7.09. The van der Waals surface area contributed by atoms with Gasteiger partial charge in [0.1, 0.15) is 5.76 Å². The van der Waals surface area contributed by atoms with E-state index in [2.05, 4.69) is 0 Å². The molecule has 1 aromatic carbocycles. The Labute approximate surface area is 168 Å². The van der Waals surface area contributed by atoms with Crippen LogP contribution in [0.25, 0.3) is 0 Å². The second-order valence-corrected chi connectivity index (χ2v) is 7.97. The lowest BCUT2D eigenvalue weighted by Gasteiger charge is -2.21. The smallest absolute Gasteiger partial charge is 0.254 e. The van der Waals surface area contributed by atoms with Crippen molar-refractivity contribution in [1.29, 1.82) is 0 Å². The fourth-order valence-corrected chi connectivity index (χ4v) is 4.13. The molecule has 144 valence electrons. The summed E-state index contributed by atoms with van der Waals surface area (Å²) in [6.07, 6.45) is 3.19. The van der Waals surface area contributed by atoms with Crippen molar-refractivity contribution in [3.05, 3.63) is 81.9 Å². The highest BCUT2D eigenvalue weighted by Crippen LogP contribution is 2.19. The molecular weight excluding hydrogens is 372 g/mol. The van der Waals surface area contributed by atoms with E-state index in [1.54, 1.807) is 22.5 Å². The Morgan fingerprint density at radius 3 is 2.61 bits per heavy atom. The van der Waals surface area contributed by atoms with Gasteiger partial charge < -0.3 is 14.2 Å². The van der Waals surface area contributed by atoms with E-state index in [-0.39, 0.29) is 11.8 Å². The van der Waals surface area contributed by atoms with Crippen LogP contribution in [-0.4, -0.2) is 28.2 Å². The van der Waals surface area contributed by atoms with Crippen molar-refractivity contribution < 1.29 is 14.0 Å². The Morgan fingerprint density at radius 2 is 1.96 bits per heavy atom. The largest absolute Gasteiger partial charge is 0.467 e. The molecule has 0 radical (unpaired) electrons. The summed E-state index contributed by atoms with van der Waals surface area (Å²) in [4.78, 5) is 29.7. The van der Waals surface area contributed by atoms with E-state index in [4.69, 9.17) is 4.42 Å². The molecular formula is C22H22N2O3S. The van der Waals surface area contributed by atoms with E-state index in [0.29, 0.717) is 31.6 Å². The first-order valence-electron chi connectivity index (χ1n) is 9.40. The van der Waals surface area contributed by atoms with Crippen LogP contribution in [0.2, 0.25) is 0 Å². The van der Waals surface area contributed by atoms with Crippen molar-refractivity contribution in [2.45, 2.75) is 32.5 Å². The fourth-order valence-electron chi connectivity index (χ4n) is 3.41. The van der Waals surface area contributed by atoms with Crippen LogP contribution in [0, 0.1) is 0 Å². The lowest BCUT2D eigenvalue weighted by atomic mass is 10.1. The molecule has 3 aromatic rings. The van der Waals surface area contributed by atoms with E-state index in [9.17, 15) is 9.59 Å². The first kappa shape index (κ1) is 18.5. The zero-order valence-corrected chi connectivity index (χ0v) is 16.4. The Bertz CT molecular complexity index is 881. The summed E-state index contributed by atoms with van der Waals surface area (Å²) in [7, 11) is 0. The van der Waals surface area contributed by atoms with Crippen LogP contribution in [0.4, 0.5) is 0 Å². The number of likely N-dealkylation sites (tertiary alicyclic amines) is 1. The molecule has 0 unspecified atom stereocenters. The molecule has 6 heteroatoms. The molecule has 1 saturated heterocycles. The number of hydrogen-bond donors (Lipinski definition) is 0. The molecule has 3 heterocycles. The molecule has 0 bridgehead atoms. The number of amides is 2. The molecule has 1 fully saturated rings. The third kappa shape index (κ3) is 4.34. The van der Waals surface area contributed by atoms with E-state index in [1.807, 2.05) is 58.8 Å². The van der Waals surface area contributed by atoms with Gasteiger partial charge in [0.05, 0.1) is 19.4 Å². The molecule has 0 saturated carbocycles. The van der Waals surface area contributed by atoms with E-state index in [1.165, 1.54) is 0 Å². The van der Waals surface area contributed by atoms with Gasteiger partial charge in [-0.1, -0.05) is 18.2 Å². The summed E-state index contributed by atoms with van der Waals surface area (Å²) in [6, 6.07) is 15.3. The van der Waals surface area contributed by atoms with Crippen LogP contribution in [0.3, 0.4) is 0 Å². The second-order valence-electron chi connectivity index (χ2n) is 6.94. The molecule has 2 aromatic heterocycles. The third-order valence-corrected chi connectivity index (χ3v) is 5.75. The van der Waals surface area contributed by atoms with Gasteiger partial charge >= 0.3 is 0 Å². The van der Waals surface area contributed by atoms with Crippen molar-refractivity contribution in [3.63, 3.8) is 0 Å². The minimum Gasteiger partial charge on any atom is -0.467 e. The molecule has 2 amide bonds. The van der Waals surface area contributed by atoms with Crippen LogP contribution >= 0.6 is 11.3 Å². The monoisotopic (exact) mass is 394 g/mol. The maximum atomic E-state index is 13.1. The zero-order valence-electron chi connectivity index (χ0n) is 15.5. The predicted octanol–water partition coefficient (Wildman–Crippen LogP) is 4.31. The maximum absolute atomic E-state index is 13.1. The number of nitrogens with zero attached hydrogens (tertiary/aromatic N) is 2. The van der Waals surface area contributed by atoms with E-state index >= 15 is 0 Å². The highest BCUT2D eigenvalue weighted by atomic mass is 32.1. The van der Waals surface area contributed by atoms with Crippen LogP contribution in [0.15, 0.2) is 64.6 Å². The van der Waals surface area contributed by atoms with Gasteiger partial charge in [-0.3, -0.25) is 9.59 Å². The predicted molar refractivity (Wildman–Crippen MR) is 108 cm³/mol. The fraction of sp³-hybridized carbons (Fsp3) is 0.273. The number of thiophene rings is 1. The van der Waals surface area contributed by atoms with Gasteiger partial charge in [0.2, 0.25) is 5.91 Å². The van der Waals surface area contributed by atoms with Crippen LogP contribution in [-0.2, 0) is 24.4 Å². The van der Waals surface area contributed by atoms with Crippen LogP contribution < -0.4 is 0 Å². The standard InChI is InChI=1S/C22H22N2O3S/c25-21-6-1-11-23(21)14-17-7-9-18(10-8-17)22(26)24(15-19-4-2-12-27-19)16-20-5-3-13-28-20/h2-5,7-10,12-13H,1,6,11,14-16H2. The minimum atomic E-state index is -0.0337. The van der Waals surface area contributed by atoms with Gasteiger partial charge in [0.25, 0.3) is 5.91 Å². The summed E-state index contributed by atoms with van der Waals surface area (Å²) in [5.74, 6) is 0.934. The first-order chi connectivity index (χ1) is 13.7. The summed E-state index contributed by atoms with van der Waals surface area (Å²) in [6.45, 7) is 2.39. The van der Waals surface area contributed by atoms with Gasteiger partial charge in [-0.05, 0) is 47.7 Å². The van der Waals surface area contributed by atoms with Crippen molar-refractivity contribution >= 4 is 23.2 Å². The van der Waals surface area contributed by atoms with Crippen molar-refractivity contribution in [3.8, 4) is 0 Å². The molecule has 1 aliphatic heterocycles. The van der Waals surface area contributed by atoms with Gasteiger partial charge in [0, 0.05) is 30.0 Å². The number of rotatable bonds is 7. The number of hydrogen-bond acceptors (Lipinski definition) is 4. The molecule has 0 aliphatic carbocycles. The normalized spacial score (nSPS) is 13.9. The van der Waals surface area contributed by atoms with Gasteiger partial charge in [-0.25, -0.2) is 0 Å². The average Bonchev–Trinajstić information content (AvgIpc) is 3.46. The Balaban J connectivity index is 1.48. The van der Waals surface area contributed by atoms with E-state index in [0.717, 1.165) is 29.2 Å². The van der Waals surface area contributed by atoms with Crippen molar-refractivity contribution in [2.75, 3.05) is 6.54 Å². The number of carbonyl (C=O) groups excluding carboxylic acids is 2. The first-order valence-corrected chi connectivity index (χ1v) is 10.3. The lowest BCUT2D eigenvalue weighted by Crippen LogP contribution is -2.29. The SMILES string of the molecule is O=C1CCCN1Cc1ccc(C(=O)N(Cc2ccco2)Cc2cccs2)cc1. The number of benzene rings is 1. The summed E-state index contributed by atoms with van der Waals surface area (Å²) >= 11 is 1.63. The third-order valence-electron chi connectivity index (χ3n) is 4.89. The quantitative estimate of drug-likeness (QED) is 0.600. The minimum absolute atomic E-state index is 0.0337. The molecule has 0 atom stereocenters. The Morgan fingerprint density at radius 1 is 1.11 bits per heavy atom. The van der Waals surface area contributed by atoms with Gasteiger partial charge in [0.15, 0.2) is 0 Å². The molecule has 0 spiro atoms. The molecule has 0 N–H and O–H groups in total. The van der Waals surface area contributed by atoms with Gasteiger partial charge in [-0.15, -0.1) is 11.3 Å². The lowest BCUT2D eigenvalue weighted by molar-refractivity contribution is -0.128. The van der Waals surface area contributed by atoms with E-state index < -0.39 is 0 Å². The zero-order chi connectivity index (χ0) is 19.3. The van der Waals surface area contributed by atoms with Crippen molar-refractivity contribution in [2.24, 2.45) is 0 Å². The Hall–Kier alpha value is -2.86. The summed E-state index contributed by atoms with van der Waals surface area (Å²) < 4.78 is 5.44. The number of furan rings is 1. The second kappa shape index (κ2) is 8.44. The van der Waals surface area contributed by atoms with Gasteiger partial charge in [-0.2, -0.15) is 0 Å². The molecule has 1 aliphatic rings. The summed E-state index contributed by atoms with van der Waals surface area (Å²) in [5, 5.41) is 2.01. The van der Waals surface area contributed by atoms with Crippen LogP contribution in [0.1, 0.15) is 39.4 Å². The Kier molecular flexibility index (Phi) is 5.58. The maximum Gasteiger partial charge on any atom is 0.254 e. The molecule has 4 rings (SSSR count). The van der Waals surface area contributed by atoms with Crippen molar-refractivity contribution in [1.82, 2.24) is 9.80 Å². The number of carbonyl (C=O) groups is 2. The van der Waals surface area contributed by atoms with Crippen LogP contribution in [0.5, 0.6) is 0 Å². The highest BCUT2D eigenvalue weighted by Gasteiger charge is 2.21. The molecule has 28 heavy (non-hydrogen) atoms. The molecule has 5 nitrogen and oxygen atoms in total.